The molecule has 0 aromatic heterocycles. The molecule has 0 heterocycles. The van der Waals surface area contributed by atoms with Crippen LogP contribution in [0.5, 0.6) is 0 Å². The van der Waals surface area contributed by atoms with Crippen molar-refractivity contribution in [3.63, 3.8) is 0 Å². The SMILES string of the molecule is CC(C)(C)NC(=O)NC1c2ccccc2CC1O. The van der Waals surface area contributed by atoms with Gasteiger partial charge in [-0.2, -0.15) is 0 Å². The van der Waals surface area contributed by atoms with Crippen LogP contribution in [0.3, 0.4) is 0 Å². The molecule has 4 nitrogen and oxygen atoms in total. The van der Waals surface area contributed by atoms with Crippen LogP contribution in [0.4, 0.5) is 4.79 Å². The van der Waals surface area contributed by atoms with Crippen LogP contribution in [-0.4, -0.2) is 22.8 Å². The number of benzene rings is 1. The summed E-state index contributed by atoms with van der Waals surface area (Å²) in [4.78, 5) is 11.8. The number of carbonyl (C=O) groups excluding carboxylic acids is 1. The second-order valence-corrected chi connectivity index (χ2v) is 5.80. The summed E-state index contributed by atoms with van der Waals surface area (Å²) in [6.07, 6.45) is 0.0458. The Labute approximate surface area is 107 Å². The van der Waals surface area contributed by atoms with E-state index in [4.69, 9.17) is 0 Å². The molecule has 0 radical (unpaired) electrons. The van der Waals surface area contributed by atoms with Crippen LogP contribution in [0.15, 0.2) is 24.3 Å². The Bertz CT molecular complexity index is 451. The molecule has 1 aliphatic rings. The number of rotatable bonds is 1. The molecule has 1 aromatic rings. The molecule has 2 rings (SSSR count). The minimum absolute atomic E-state index is 0.247. The maximum atomic E-state index is 11.8. The fourth-order valence-corrected chi connectivity index (χ4v) is 2.27. The Balaban J connectivity index is 2.08. The molecule has 0 bridgehead atoms. The Morgan fingerprint density at radius 1 is 1.33 bits per heavy atom. The van der Waals surface area contributed by atoms with E-state index in [-0.39, 0.29) is 17.6 Å². The van der Waals surface area contributed by atoms with Crippen molar-refractivity contribution in [3.8, 4) is 0 Å². The van der Waals surface area contributed by atoms with E-state index >= 15 is 0 Å². The van der Waals surface area contributed by atoms with Crippen LogP contribution in [-0.2, 0) is 6.42 Å². The number of hydrogen-bond donors (Lipinski definition) is 3. The highest BCUT2D eigenvalue weighted by molar-refractivity contribution is 5.75. The molecule has 2 atom stereocenters. The highest BCUT2D eigenvalue weighted by Crippen LogP contribution is 2.31. The lowest BCUT2D eigenvalue weighted by Gasteiger charge is -2.24. The Kier molecular flexibility index (Phi) is 3.30. The molecule has 4 heteroatoms. The highest BCUT2D eigenvalue weighted by Gasteiger charge is 2.32. The maximum Gasteiger partial charge on any atom is 0.315 e. The number of amides is 2. The molecule has 3 N–H and O–H groups in total. The van der Waals surface area contributed by atoms with Crippen molar-refractivity contribution in [2.75, 3.05) is 0 Å². The van der Waals surface area contributed by atoms with Gasteiger partial charge in [-0.15, -0.1) is 0 Å². The predicted molar refractivity (Wildman–Crippen MR) is 70.3 cm³/mol. The third-order valence-electron chi connectivity index (χ3n) is 2.98. The van der Waals surface area contributed by atoms with Gasteiger partial charge in [-0.1, -0.05) is 24.3 Å². The molecule has 98 valence electrons. The molecule has 0 saturated heterocycles. The zero-order valence-electron chi connectivity index (χ0n) is 11.0. The van der Waals surface area contributed by atoms with Gasteiger partial charge in [-0.25, -0.2) is 4.79 Å². The first-order valence-electron chi connectivity index (χ1n) is 6.21. The smallest absolute Gasteiger partial charge is 0.315 e. The van der Waals surface area contributed by atoms with Crippen molar-refractivity contribution in [3.05, 3.63) is 35.4 Å². The fraction of sp³-hybridized carbons (Fsp3) is 0.500. The number of hydrogen-bond acceptors (Lipinski definition) is 2. The summed E-state index contributed by atoms with van der Waals surface area (Å²) >= 11 is 0. The van der Waals surface area contributed by atoms with Gasteiger partial charge in [0.25, 0.3) is 0 Å². The van der Waals surface area contributed by atoms with E-state index in [0.29, 0.717) is 6.42 Å². The van der Waals surface area contributed by atoms with Gasteiger partial charge >= 0.3 is 6.03 Å². The molecule has 0 saturated carbocycles. The fourth-order valence-electron chi connectivity index (χ4n) is 2.27. The van der Waals surface area contributed by atoms with Gasteiger partial charge in [0.1, 0.15) is 0 Å². The number of aliphatic hydroxyl groups is 1. The molecule has 0 aliphatic heterocycles. The van der Waals surface area contributed by atoms with Crippen LogP contribution in [0.2, 0.25) is 0 Å². The van der Waals surface area contributed by atoms with E-state index in [2.05, 4.69) is 10.6 Å². The number of nitrogens with one attached hydrogen (secondary N) is 2. The second kappa shape index (κ2) is 4.61. The summed E-state index contributed by atoms with van der Waals surface area (Å²) in [5, 5.41) is 15.7. The number of carbonyl (C=O) groups is 1. The lowest BCUT2D eigenvalue weighted by atomic mass is 10.1. The molecule has 18 heavy (non-hydrogen) atoms. The van der Waals surface area contributed by atoms with Crippen molar-refractivity contribution in [2.45, 2.75) is 44.9 Å². The van der Waals surface area contributed by atoms with Crippen molar-refractivity contribution in [1.82, 2.24) is 10.6 Å². The normalized spacial score (nSPS) is 22.4. The Morgan fingerprint density at radius 2 is 2.00 bits per heavy atom. The van der Waals surface area contributed by atoms with E-state index < -0.39 is 6.10 Å². The van der Waals surface area contributed by atoms with Crippen LogP contribution < -0.4 is 10.6 Å². The third kappa shape index (κ3) is 2.82. The number of fused-ring (bicyclic) bond motifs is 1. The van der Waals surface area contributed by atoms with Crippen LogP contribution in [0.25, 0.3) is 0 Å². The molecule has 1 aliphatic carbocycles. The summed E-state index contributed by atoms with van der Waals surface area (Å²) in [6.45, 7) is 5.77. The zero-order valence-corrected chi connectivity index (χ0v) is 11.0. The van der Waals surface area contributed by atoms with Gasteiger partial charge in [0.05, 0.1) is 12.1 Å². The summed E-state index contributed by atoms with van der Waals surface area (Å²) in [7, 11) is 0. The van der Waals surface area contributed by atoms with E-state index in [9.17, 15) is 9.90 Å². The van der Waals surface area contributed by atoms with E-state index in [1.807, 2.05) is 45.0 Å². The average Bonchev–Trinajstić information content (AvgIpc) is 2.53. The third-order valence-corrected chi connectivity index (χ3v) is 2.98. The van der Waals surface area contributed by atoms with Gasteiger partial charge in [-0.3, -0.25) is 0 Å². The zero-order chi connectivity index (χ0) is 13.3. The van der Waals surface area contributed by atoms with E-state index in [1.54, 1.807) is 0 Å². The van der Waals surface area contributed by atoms with Gasteiger partial charge in [0.2, 0.25) is 0 Å². The Morgan fingerprint density at radius 3 is 2.67 bits per heavy atom. The first-order chi connectivity index (χ1) is 8.37. The summed E-state index contributed by atoms with van der Waals surface area (Å²) in [6, 6.07) is 7.25. The lowest BCUT2D eigenvalue weighted by molar-refractivity contribution is 0.141. The number of aliphatic hydroxyl groups excluding tert-OH is 1. The van der Waals surface area contributed by atoms with Crippen molar-refractivity contribution in [2.24, 2.45) is 0 Å². The monoisotopic (exact) mass is 248 g/mol. The minimum atomic E-state index is -0.548. The second-order valence-electron chi connectivity index (χ2n) is 5.80. The molecule has 0 spiro atoms. The summed E-state index contributed by atoms with van der Waals surface area (Å²) in [5.41, 5.74) is 1.83. The largest absolute Gasteiger partial charge is 0.390 e. The standard InChI is InChI=1S/C14H20N2O2/c1-14(2,3)16-13(18)15-12-10-7-5-4-6-9(10)8-11(12)17/h4-7,11-12,17H,8H2,1-3H3,(H2,15,16,18). The van der Waals surface area contributed by atoms with Gasteiger partial charge in [0, 0.05) is 12.0 Å². The first-order valence-corrected chi connectivity index (χ1v) is 6.21. The van der Waals surface area contributed by atoms with E-state index in [0.717, 1.165) is 11.1 Å². The summed E-state index contributed by atoms with van der Waals surface area (Å²) in [5.74, 6) is 0. The lowest BCUT2D eigenvalue weighted by Crippen LogP contribution is -2.48. The van der Waals surface area contributed by atoms with E-state index in [1.165, 1.54) is 0 Å². The molecular formula is C14H20N2O2. The van der Waals surface area contributed by atoms with Crippen LogP contribution in [0.1, 0.15) is 37.9 Å². The molecule has 1 aromatic carbocycles. The van der Waals surface area contributed by atoms with Crippen molar-refractivity contribution in [1.29, 1.82) is 0 Å². The topological polar surface area (TPSA) is 61.4 Å². The highest BCUT2D eigenvalue weighted by atomic mass is 16.3. The molecule has 0 fully saturated rings. The maximum absolute atomic E-state index is 11.8. The van der Waals surface area contributed by atoms with Gasteiger partial charge in [-0.05, 0) is 31.9 Å². The Hall–Kier alpha value is -1.55. The quantitative estimate of drug-likeness (QED) is 0.709. The summed E-state index contributed by atoms with van der Waals surface area (Å²) < 4.78 is 0. The van der Waals surface area contributed by atoms with Crippen LogP contribution in [0, 0.1) is 0 Å². The first kappa shape index (κ1) is 12.9. The van der Waals surface area contributed by atoms with Gasteiger partial charge < -0.3 is 15.7 Å². The van der Waals surface area contributed by atoms with Crippen molar-refractivity contribution < 1.29 is 9.90 Å². The number of urea groups is 1. The molecular weight excluding hydrogens is 228 g/mol. The van der Waals surface area contributed by atoms with Crippen LogP contribution >= 0.6 is 0 Å². The van der Waals surface area contributed by atoms with Crippen molar-refractivity contribution >= 4 is 6.03 Å². The minimum Gasteiger partial charge on any atom is -0.390 e. The van der Waals surface area contributed by atoms with Gasteiger partial charge in [0.15, 0.2) is 0 Å². The predicted octanol–water partition coefficient (Wildman–Crippen LogP) is 1.74. The average molecular weight is 248 g/mol. The molecule has 2 unspecified atom stereocenters. The molecule has 2 amide bonds.